The van der Waals surface area contributed by atoms with Crippen molar-refractivity contribution in [2.75, 3.05) is 10.6 Å². The second kappa shape index (κ2) is 6.73. The summed E-state index contributed by atoms with van der Waals surface area (Å²) in [4.78, 5) is 16.0. The average molecular weight is 311 g/mol. The molecule has 1 amide bonds. The third-order valence-corrected chi connectivity index (χ3v) is 3.50. The number of nitrogens with one attached hydrogen (secondary N) is 2. The number of anilines is 3. The molecule has 3 rings (SSSR count). The van der Waals surface area contributed by atoms with Crippen molar-refractivity contribution in [1.29, 1.82) is 0 Å². The summed E-state index contributed by atoms with van der Waals surface area (Å²) in [6.45, 7) is 0. The summed E-state index contributed by atoms with van der Waals surface area (Å²) in [5.74, 6) is 0.252. The molecule has 1 heterocycles. The fourth-order valence-electron chi connectivity index (χ4n) is 1.80. The molecule has 0 unspecified atom stereocenters. The molecule has 0 spiro atoms. The monoisotopic (exact) mass is 311 g/mol. The SMILES string of the molecule is O=C(Nc1ccccc1)Oc1ncsc1Nc1ccccc1. The predicted molar refractivity (Wildman–Crippen MR) is 87.9 cm³/mol. The number of carbonyl (C=O) groups is 1. The van der Waals surface area contributed by atoms with Crippen LogP contribution in [0.2, 0.25) is 0 Å². The van der Waals surface area contributed by atoms with Gasteiger partial charge in [0.15, 0.2) is 5.00 Å². The van der Waals surface area contributed by atoms with E-state index in [4.69, 9.17) is 4.74 Å². The molecule has 0 atom stereocenters. The number of ether oxygens (including phenoxy) is 1. The van der Waals surface area contributed by atoms with Gasteiger partial charge in [0.25, 0.3) is 5.88 Å². The van der Waals surface area contributed by atoms with Gasteiger partial charge in [-0.25, -0.2) is 9.78 Å². The first-order chi connectivity index (χ1) is 10.8. The van der Waals surface area contributed by atoms with Crippen LogP contribution < -0.4 is 15.4 Å². The summed E-state index contributed by atoms with van der Waals surface area (Å²) in [5, 5.41) is 6.50. The lowest BCUT2D eigenvalue weighted by Crippen LogP contribution is -2.17. The zero-order valence-corrected chi connectivity index (χ0v) is 12.3. The van der Waals surface area contributed by atoms with Gasteiger partial charge >= 0.3 is 6.09 Å². The van der Waals surface area contributed by atoms with Gasteiger partial charge in [-0.15, -0.1) is 11.3 Å². The number of amides is 1. The van der Waals surface area contributed by atoms with E-state index in [0.717, 1.165) is 5.69 Å². The topological polar surface area (TPSA) is 63.2 Å². The van der Waals surface area contributed by atoms with Crippen molar-refractivity contribution in [1.82, 2.24) is 4.98 Å². The number of hydrogen-bond acceptors (Lipinski definition) is 5. The minimum absolute atomic E-state index is 0.252. The molecule has 0 aliphatic carbocycles. The van der Waals surface area contributed by atoms with Crippen LogP contribution in [0.1, 0.15) is 0 Å². The maximum atomic E-state index is 11.9. The molecule has 0 aliphatic heterocycles. The Labute approximate surface area is 131 Å². The molecule has 0 aliphatic rings. The molecule has 1 aromatic heterocycles. The molecular formula is C16H13N3O2S. The maximum absolute atomic E-state index is 11.9. The van der Waals surface area contributed by atoms with E-state index in [0.29, 0.717) is 10.7 Å². The van der Waals surface area contributed by atoms with Gasteiger partial charge in [0.1, 0.15) is 0 Å². The first-order valence-corrected chi connectivity index (χ1v) is 7.49. The fourth-order valence-corrected chi connectivity index (χ4v) is 2.42. The minimum atomic E-state index is -0.576. The van der Waals surface area contributed by atoms with Gasteiger partial charge in [0, 0.05) is 11.4 Å². The molecule has 22 heavy (non-hydrogen) atoms. The first kappa shape index (κ1) is 14.1. The third kappa shape index (κ3) is 3.62. The number of nitrogens with zero attached hydrogens (tertiary/aromatic N) is 1. The molecule has 0 saturated carbocycles. The van der Waals surface area contributed by atoms with Gasteiger partial charge in [-0.3, -0.25) is 5.32 Å². The minimum Gasteiger partial charge on any atom is -0.388 e. The Hall–Kier alpha value is -2.86. The number of para-hydroxylation sites is 2. The summed E-state index contributed by atoms with van der Waals surface area (Å²) in [6, 6.07) is 18.7. The predicted octanol–water partition coefficient (Wildman–Crippen LogP) is 4.50. The third-order valence-electron chi connectivity index (χ3n) is 2.78. The summed E-state index contributed by atoms with van der Waals surface area (Å²) in [5.41, 5.74) is 3.19. The summed E-state index contributed by atoms with van der Waals surface area (Å²) >= 11 is 1.37. The Morgan fingerprint density at radius 3 is 2.27 bits per heavy atom. The Kier molecular flexibility index (Phi) is 4.31. The highest BCUT2D eigenvalue weighted by atomic mass is 32.1. The van der Waals surface area contributed by atoms with Crippen molar-refractivity contribution < 1.29 is 9.53 Å². The lowest BCUT2D eigenvalue weighted by Gasteiger charge is -2.07. The molecule has 2 N–H and O–H groups in total. The van der Waals surface area contributed by atoms with Crippen molar-refractivity contribution in [3.8, 4) is 5.88 Å². The van der Waals surface area contributed by atoms with Crippen molar-refractivity contribution >= 4 is 33.8 Å². The van der Waals surface area contributed by atoms with Crippen LogP contribution in [0.4, 0.5) is 21.2 Å². The van der Waals surface area contributed by atoms with E-state index in [1.807, 2.05) is 48.5 Å². The molecule has 110 valence electrons. The number of rotatable bonds is 4. The van der Waals surface area contributed by atoms with Crippen molar-refractivity contribution in [2.45, 2.75) is 0 Å². The Balaban J connectivity index is 1.66. The van der Waals surface area contributed by atoms with E-state index in [2.05, 4.69) is 15.6 Å². The van der Waals surface area contributed by atoms with Crippen LogP contribution in [-0.4, -0.2) is 11.1 Å². The number of thiazole rings is 1. The molecule has 0 bridgehead atoms. The highest BCUT2D eigenvalue weighted by Gasteiger charge is 2.12. The molecule has 0 radical (unpaired) electrons. The lowest BCUT2D eigenvalue weighted by molar-refractivity contribution is 0.214. The highest BCUT2D eigenvalue weighted by Crippen LogP contribution is 2.30. The Morgan fingerprint density at radius 2 is 1.59 bits per heavy atom. The van der Waals surface area contributed by atoms with Crippen LogP contribution in [0.5, 0.6) is 5.88 Å². The van der Waals surface area contributed by atoms with Crippen LogP contribution >= 0.6 is 11.3 Å². The quantitative estimate of drug-likeness (QED) is 0.745. The zero-order chi connectivity index (χ0) is 15.2. The molecular weight excluding hydrogens is 298 g/mol. The van der Waals surface area contributed by atoms with E-state index in [-0.39, 0.29) is 5.88 Å². The molecule has 6 heteroatoms. The molecule has 0 saturated heterocycles. The molecule has 3 aromatic rings. The van der Waals surface area contributed by atoms with Crippen LogP contribution in [0, 0.1) is 0 Å². The Morgan fingerprint density at radius 1 is 0.955 bits per heavy atom. The van der Waals surface area contributed by atoms with Crippen LogP contribution in [0.25, 0.3) is 0 Å². The Bertz CT molecular complexity index is 744. The fraction of sp³-hybridized carbons (Fsp3) is 0. The summed E-state index contributed by atoms with van der Waals surface area (Å²) in [6.07, 6.45) is -0.576. The molecule has 0 fully saturated rings. The second-order valence-corrected chi connectivity index (χ2v) is 5.21. The number of aromatic nitrogens is 1. The van der Waals surface area contributed by atoms with Gasteiger partial charge in [0.05, 0.1) is 5.51 Å². The molecule has 2 aromatic carbocycles. The van der Waals surface area contributed by atoms with Crippen LogP contribution in [-0.2, 0) is 0 Å². The van der Waals surface area contributed by atoms with E-state index in [9.17, 15) is 4.79 Å². The van der Waals surface area contributed by atoms with E-state index < -0.39 is 6.09 Å². The molecule has 5 nitrogen and oxygen atoms in total. The number of benzene rings is 2. The van der Waals surface area contributed by atoms with Gasteiger partial charge in [0.2, 0.25) is 0 Å². The van der Waals surface area contributed by atoms with Crippen molar-refractivity contribution in [3.63, 3.8) is 0 Å². The van der Waals surface area contributed by atoms with Gasteiger partial charge in [-0.1, -0.05) is 36.4 Å². The van der Waals surface area contributed by atoms with E-state index >= 15 is 0 Å². The zero-order valence-electron chi connectivity index (χ0n) is 11.5. The first-order valence-electron chi connectivity index (χ1n) is 6.61. The van der Waals surface area contributed by atoms with E-state index in [1.54, 1.807) is 17.6 Å². The highest BCUT2D eigenvalue weighted by molar-refractivity contribution is 7.14. The smallest absolute Gasteiger partial charge is 0.388 e. The van der Waals surface area contributed by atoms with Gasteiger partial charge < -0.3 is 10.1 Å². The maximum Gasteiger partial charge on any atom is 0.418 e. The largest absolute Gasteiger partial charge is 0.418 e. The summed E-state index contributed by atoms with van der Waals surface area (Å²) < 4.78 is 5.25. The average Bonchev–Trinajstić information content (AvgIpc) is 2.96. The van der Waals surface area contributed by atoms with E-state index in [1.165, 1.54) is 11.3 Å². The lowest BCUT2D eigenvalue weighted by atomic mass is 10.3. The van der Waals surface area contributed by atoms with Crippen molar-refractivity contribution in [3.05, 3.63) is 66.2 Å². The van der Waals surface area contributed by atoms with Crippen molar-refractivity contribution in [2.24, 2.45) is 0 Å². The second-order valence-electron chi connectivity index (χ2n) is 4.36. The summed E-state index contributed by atoms with van der Waals surface area (Å²) in [7, 11) is 0. The standard InChI is InChI=1S/C16H13N3O2S/c20-16(19-13-9-5-2-6-10-13)21-14-15(22-11-17-14)18-12-7-3-1-4-8-12/h1-11,18H,(H,19,20). The van der Waals surface area contributed by atoms with Crippen LogP contribution in [0.15, 0.2) is 66.2 Å². The normalized spacial score (nSPS) is 10.0. The van der Waals surface area contributed by atoms with Gasteiger partial charge in [-0.2, -0.15) is 0 Å². The van der Waals surface area contributed by atoms with Gasteiger partial charge in [-0.05, 0) is 24.3 Å². The number of carbonyl (C=O) groups excluding carboxylic acids is 1. The van der Waals surface area contributed by atoms with Crippen LogP contribution in [0.3, 0.4) is 0 Å². The number of hydrogen-bond donors (Lipinski definition) is 2.